The molecule has 1 aliphatic heterocycles. The van der Waals surface area contributed by atoms with Crippen molar-refractivity contribution >= 4 is 15.9 Å². The standard InChI is InChI=1S/C22H22F2N2O4S/c1-15(14-30-22(27)26-10-2-3-11-26)21(19-12-17(23)6-9-20(19)24)31(28,29)18-7-4-16(13-25)5-8-18/h4-9,12,15,21H,2-3,10-11,14H2,1H3. The summed E-state index contributed by atoms with van der Waals surface area (Å²) in [6.45, 7) is 2.36. The smallest absolute Gasteiger partial charge is 0.409 e. The molecule has 1 aliphatic rings. The Balaban J connectivity index is 1.94. The van der Waals surface area contributed by atoms with Gasteiger partial charge in [0.1, 0.15) is 11.6 Å². The largest absolute Gasteiger partial charge is 0.449 e. The first-order chi connectivity index (χ1) is 14.7. The molecular weight excluding hydrogens is 426 g/mol. The van der Waals surface area contributed by atoms with Crippen LogP contribution in [0.25, 0.3) is 0 Å². The van der Waals surface area contributed by atoms with Gasteiger partial charge in [0.05, 0.1) is 28.4 Å². The Morgan fingerprint density at radius 2 is 1.81 bits per heavy atom. The van der Waals surface area contributed by atoms with E-state index in [0.717, 1.165) is 31.0 Å². The zero-order chi connectivity index (χ0) is 22.6. The first-order valence-electron chi connectivity index (χ1n) is 9.84. The maximum absolute atomic E-state index is 14.6. The highest BCUT2D eigenvalue weighted by molar-refractivity contribution is 7.91. The number of halogens is 2. The van der Waals surface area contributed by atoms with Crippen LogP contribution >= 0.6 is 0 Å². The quantitative estimate of drug-likeness (QED) is 0.660. The molecule has 1 heterocycles. The van der Waals surface area contributed by atoms with E-state index in [4.69, 9.17) is 10.00 Å². The Hall–Kier alpha value is -2.99. The third-order valence-electron chi connectivity index (χ3n) is 5.26. The van der Waals surface area contributed by atoms with Gasteiger partial charge in [-0.15, -0.1) is 0 Å². The summed E-state index contributed by atoms with van der Waals surface area (Å²) in [6, 6.07) is 9.70. The van der Waals surface area contributed by atoms with E-state index in [9.17, 15) is 22.0 Å². The van der Waals surface area contributed by atoms with Crippen molar-refractivity contribution in [2.24, 2.45) is 5.92 Å². The lowest BCUT2D eigenvalue weighted by atomic mass is 10.0. The molecule has 6 nitrogen and oxygen atoms in total. The highest BCUT2D eigenvalue weighted by Gasteiger charge is 2.37. The van der Waals surface area contributed by atoms with Crippen molar-refractivity contribution in [2.75, 3.05) is 19.7 Å². The molecule has 0 aromatic heterocycles. The molecule has 1 saturated heterocycles. The minimum absolute atomic E-state index is 0.141. The van der Waals surface area contributed by atoms with Crippen molar-refractivity contribution < 1.29 is 26.7 Å². The van der Waals surface area contributed by atoms with Crippen LogP contribution in [-0.2, 0) is 14.6 Å². The molecule has 164 valence electrons. The predicted octanol–water partition coefficient (Wildman–Crippen LogP) is 4.22. The summed E-state index contributed by atoms with van der Waals surface area (Å²) in [6.07, 6.45) is 1.18. The number of carbonyl (C=O) groups excluding carboxylic acids is 1. The van der Waals surface area contributed by atoms with Crippen LogP contribution in [0.15, 0.2) is 47.4 Å². The van der Waals surface area contributed by atoms with Gasteiger partial charge >= 0.3 is 6.09 Å². The molecule has 0 spiro atoms. The Morgan fingerprint density at radius 3 is 2.42 bits per heavy atom. The number of rotatable bonds is 6. The second-order valence-electron chi connectivity index (χ2n) is 7.52. The van der Waals surface area contributed by atoms with Gasteiger partial charge in [-0.25, -0.2) is 22.0 Å². The van der Waals surface area contributed by atoms with Gasteiger partial charge in [0.15, 0.2) is 9.84 Å². The fourth-order valence-corrected chi connectivity index (χ4v) is 5.67. The van der Waals surface area contributed by atoms with Gasteiger partial charge in [-0.05, 0) is 55.3 Å². The van der Waals surface area contributed by atoms with Gasteiger partial charge < -0.3 is 9.64 Å². The molecule has 31 heavy (non-hydrogen) atoms. The number of hydrogen-bond donors (Lipinski definition) is 0. The Morgan fingerprint density at radius 1 is 1.16 bits per heavy atom. The molecule has 2 aromatic carbocycles. The van der Waals surface area contributed by atoms with Crippen LogP contribution in [0.3, 0.4) is 0 Å². The third kappa shape index (κ3) is 5.02. The predicted molar refractivity (Wildman–Crippen MR) is 109 cm³/mol. The van der Waals surface area contributed by atoms with Crippen molar-refractivity contribution in [3.63, 3.8) is 0 Å². The van der Waals surface area contributed by atoms with Crippen LogP contribution < -0.4 is 0 Å². The molecule has 2 aromatic rings. The lowest BCUT2D eigenvalue weighted by molar-refractivity contribution is 0.0960. The molecule has 9 heteroatoms. The Kier molecular flexibility index (Phi) is 6.91. The summed E-state index contributed by atoms with van der Waals surface area (Å²) in [5, 5.41) is 7.44. The van der Waals surface area contributed by atoms with Crippen molar-refractivity contribution in [1.29, 1.82) is 5.26 Å². The lowest BCUT2D eigenvalue weighted by Gasteiger charge is -2.26. The maximum Gasteiger partial charge on any atom is 0.409 e. The molecule has 1 amide bonds. The van der Waals surface area contributed by atoms with Crippen LogP contribution in [-0.4, -0.2) is 39.1 Å². The summed E-state index contributed by atoms with van der Waals surface area (Å²) >= 11 is 0. The zero-order valence-electron chi connectivity index (χ0n) is 16.9. The van der Waals surface area contributed by atoms with Gasteiger partial charge in [0.25, 0.3) is 0 Å². The van der Waals surface area contributed by atoms with Crippen LogP contribution in [0, 0.1) is 28.9 Å². The van der Waals surface area contributed by atoms with Gasteiger partial charge in [0.2, 0.25) is 0 Å². The van der Waals surface area contributed by atoms with Gasteiger partial charge in [-0.3, -0.25) is 0 Å². The second-order valence-corrected chi connectivity index (χ2v) is 9.59. The summed E-state index contributed by atoms with van der Waals surface area (Å²) < 4.78 is 60.6. The molecule has 0 saturated carbocycles. The number of carbonyl (C=O) groups is 1. The minimum Gasteiger partial charge on any atom is -0.449 e. The van der Waals surface area contributed by atoms with Crippen molar-refractivity contribution in [3.8, 4) is 6.07 Å². The molecule has 2 unspecified atom stereocenters. The average molecular weight is 448 g/mol. The molecule has 2 atom stereocenters. The number of benzene rings is 2. The average Bonchev–Trinajstić information content (AvgIpc) is 3.29. The minimum atomic E-state index is -4.21. The second kappa shape index (κ2) is 9.43. The van der Waals surface area contributed by atoms with E-state index in [2.05, 4.69) is 0 Å². The van der Waals surface area contributed by atoms with E-state index in [-0.39, 0.29) is 22.6 Å². The monoisotopic (exact) mass is 448 g/mol. The molecule has 3 rings (SSSR count). The van der Waals surface area contributed by atoms with Crippen molar-refractivity contribution in [1.82, 2.24) is 4.90 Å². The van der Waals surface area contributed by atoms with Crippen LogP contribution in [0.2, 0.25) is 0 Å². The fourth-order valence-electron chi connectivity index (χ4n) is 3.66. The van der Waals surface area contributed by atoms with Crippen LogP contribution in [0.5, 0.6) is 0 Å². The SMILES string of the molecule is CC(COC(=O)N1CCCC1)C(c1cc(F)ccc1F)S(=O)(=O)c1ccc(C#N)cc1. The summed E-state index contributed by atoms with van der Waals surface area (Å²) in [5.74, 6) is -2.53. The van der Waals surface area contributed by atoms with E-state index in [1.54, 1.807) is 0 Å². The fraction of sp³-hybridized carbons (Fsp3) is 0.364. The molecule has 0 aliphatic carbocycles. The number of ether oxygens (including phenoxy) is 1. The van der Waals surface area contributed by atoms with Crippen LogP contribution in [0.4, 0.5) is 13.6 Å². The summed E-state index contributed by atoms with van der Waals surface area (Å²) in [4.78, 5) is 13.6. The number of sulfone groups is 1. The number of nitriles is 1. The molecular formula is C22H22F2N2O4S. The topological polar surface area (TPSA) is 87.5 Å². The van der Waals surface area contributed by atoms with E-state index in [1.807, 2.05) is 6.07 Å². The van der Waals surface area contributed by atoms with E-state index >= 15 is 0 Å². The molecule has 1 fully saturated rings. The zero-order valence-corrected chi connectivity index (χ0v) is 17.7. The maximum atomic E-state index is 14.6. The molecule has 0 radical (unpaired) electrons. The first kappa shape index (κ1) is 22.7. The Bertz CT molecular complexity index is 1090. The van der Waals surface area contributed by atoms with Gasteiger partial charge in [0, 0.05) is 24.6 Å². The lowest BCUT2D eigenvalue weighted by Crippen LogP contribution is -2.32. The van der Waals surface area contributed by atoms with Gasteiger partial charge in [-0.1, -0.05) is 6.92 Å². The van der Waals surface area contributed by atoms with Crippen LogP contribution in [0.1, 0.15) is 36.1 Å². The number of hydrogen-bond acceptors (Lipinski definition) is 5. The highest BCUT2D eigenvalue weighted by Crippen LogP contribution is 2.37. The summed E-state index contributed by atoms with van der Waals surface area (Å²) in [7, 11) is -4.21. The van der Waals surface area contributed by atoms with Crippen molar-refractivity contribution in [2.45, 2.75) is 29.9 Å². The Labute approximate surface area is 180 Å². The van der Waals surface area contributed by atoms with E-state index in [0.29, 0.717) is 13.1 Å². The molecule has 0 bridgehead atoms. The van der Waals surface area contributed by atoms with E-state index in [1.165, 1.54) is 36.1 Å². The van der Waals surface area contributed by atoms with Crippen molar-refractivity contribution in [3.05, 3.63) is 65.2 Å². The normalized spacial score (nSPS) is 15.9. The summed E-state index contributed by atoms with van der Waals surface area (Å²) in [5.41, 5.74) is -0.0749. The molecule has 0 N–H and O–H groups in total. The number of likely N-dealkylation sites (tertiary alicyclic amines) is 1. The highest BCUT2D eigenvalue weighted by atomic mass is 32.2. The first-order valence-corrected chi connectivity index (χ1v) is 11.4. The number of amides is 1. The third-order valence-corrected chi connectivity index (χ3v) is 7.58. The number of nitrogens with zero attached hydrogens (tertiary/aromatic N) is 2. The van der Waals surface area contributed by atoms with E-state index < -0.39 is 38.7 Å². The van der Waals surface area contributed by atoms with Gasteiger partial charge in [-0.2, -0.15) is 5.26 Å².